The van der Waals surface area contributed by atoms with Crippen LogP contribution in [0.5, 0.6) is 0 Å². The van der Waals surface area contributed by atoms with Crippen molar-refractivity contribution < 1.29 is 14.3 Å². The number of carbonyl (C=O) groups is 2. The van der Waals surface area contributed by atoms with Crippen LogP contribution in [0.2, 0.25) is 0 Å². The first-order valence-corrected chi connectivity index (χ1v) is 9.74. The number of amides is 2. The fraction of sp³-hybridized carbons (Fsp3) is 0.619. The van der Waals surface area contributed by atoms with Crippen LogP contribution in [0.4, 0.5) is 10.5 Å². The van der Waals surface area contributed by atoms with Crippen LogP contribution >= 0.6 is 0 Å². The van der Waals surface area contributed by atoms with Crippen molar-refractivity contribution in [1.29, 1.82) is 0 Å². The van der Waals surface area contributed by atoms with Gasteiger partial charge in [0.2, 0.25) is 5.91 Å². The molecule has 0 unspecified atom stereocenters. The van der Waals surface area contributed by atoms with Gasteiger partial charge in [-0.05, 0) is 44.9 Å². The summed E-state index contributed by atoms with van der Waals surface area (Å²) in [6.07, 6.45) is 0.728. The Morgan fingerprint density at radius 1 is 1.07 bits per heavy atom. The number of anilines is 1. The van der Waals surface area contributed by atoms with Gasteiger partial charge >= 0.3 is 6.09 Å². The summed E-state index contributed by atoms with van der Waals surface area (Å²) in [5.74, 6) is 0.00892. The van der Waals surface area contributed by atoms with E-state index in [2.05, 4.69) is 22.3 Å². The molecule has 1 heterocycles. The fourth-order valence-electron chi connectivity index (χ4n) is 2.81. The van der Waals surface area contributed by atoms with E-state index in [1.807, 2.05) is 46.8 Å². The van der Waals surface area contributed by atoms with Gasteiger partial charge in [0.05, 0.1) is 0 Å². The summed E-state index contributed by atoms with van der Waals surface area (Å²) in [5.41, 5.74) is 1.63. The summed E-state index contributed by atoms with van der Waals surface area (Å²) in [4.78, 5) is 28.0. The third-order valence-corrected chi connectivity index (χ3v) is 4.49. The lowest BCUT2D eigenvalue weighted by molar-refractivity contribution is -0.118. The zero-order valence-corrected chi connectivity index (χ0v) is 17.2. The van der Waals surface area contributed by atoms with E-state index in [0.717, 1.165) is 31.7 Å². The van der Waals surface area contributed by atoms with Crippen molar-refractivity contribution in [3.8, 4) is 0 Å². The predicted octanol–water partition coefficient (Wildman–Crippen LogP) is 3.38. The van der Waals surface area contributed by atoms with Crippen LogP contribution < -0.4 is 5.32 Å². The van der Waals surface area contributed by atoms with Gasteiger partial charge in [0.15, 0.2) is 0 Å². The van der Waals surface area contributed by atoms with E-state index in [1.54, 1.807) is 4.90 Å². The van der Waals surface area contributed by atoms with Gasteiger partial charge < -0.3 is 15.0 Å². The van der Waals surface area contributed by atoms with Crippen molar-refractivity contribution in [2.24, 2.45) is 5.92 Å². The molecular formula is C21H33N3O3. The number of hydrogen-bond donors (Lipinski definition) is 1. The second kappa shape index (κ2) is 9.22. The molecule has 0 aromatic heterocycles. The SMILES string of the molecule is CC(C)C(=O)Nc1ccc(CCN2CCN(C(=O)OC(C)(C)C)CC2)cc1. The van der Waals surface area contributed by atoms with Crippen LogP contribution in [0.15, 0.2) is 24.3 Å². The lowest BCUT2D eigenvalue weighted by Gasteiger charge is -2.35. The zero-order chi connectivity index (χ0) is 20.0. The monoisotopic (exact) mass is 375 g/mol. The number of carbonyl (C=O) groups excluding carboxylic acids is 2. The second-order valence-corrected chi connectivity index (χ2v) is 8.40. The molecule has 1 saturated heterocycles. The van der Waals surface area contributed by atoms with Crippen LogP contribution in [-0.2, 0) is 16.0 Å². The Bertz CT molecular complexity index is 627. The quantitative estimate of drug-likeness (QED) is 0.857. The normalized spacial score (nSPS) is 15.7. The van der Waals surface area contributed by atoms with Gasteiger partial charge in [-0.1, -0.05) is 26.0 Å². The topological polar surface area (TPSA) is 61.9 Å². The van der Waals surface area contributed by atoms with Gasteiger partial charge in [-0.25, -0.2) is 4.79 Å². The molecule has 27 heavy (non-hydrogen) atoms. The van der Waals surface area contributed by atoms with E-state index in [1.165, 1.54) is 5.56 Å². The highest BCUT2D eigenvalue weighted by Gasteiger charge is 2.25. The summed E-state index contributed by atoms with van der Waals surface area (Å²) < 4.78 is 5.43. The second-order valence-electron chi connectivity index (χ2n) is 8.40. The number of nitrogens with one attached hydrogen (secondary N) is 1. The Hall–Kier alpha value is -2.08. The maximum absolute atomic E-state index is 12.1. The first-order valence-electron chi connectivity index (χ1n) is 9.74. The molecule has 2 rings (SSSR count). The van der Waals surface area contributed by atoms with Gasteiger partial charge in [0, 0.05) is 44.3 Å². The zero-order valence-electron chi connectivity index (χ0n) is 17.2. The molecule has 0 aliphatic carbocycles. The molecule has 0 radical (unpaired) electrons. The third kappa shape index (κ3) is 7.21. The molecule has 6 heteroatoms. The van der Waals surface area contributed by atoms with E-state index in [0.29, 0.717) is 13.1 Å². The number of nitrogens with zero attached hydrogens (tertiary/aromatic N) is 2. The summed E-state index contributed by atoms with van der Waals surface area (Å²) in [6, 6.07) is 8.03. The minimum absolute atomic E-state index is 0.0241. The van der Waals surface area contributed by atoms with E-state index in [-0.39, 0.29) is 17.9 Å². The van der Waals surface area contributed by atoms with Crippen molar-refractivity contribution in [2.45, 2.75) is 46.6 Å². The molecular weight excluding hydrogens is 342 g/mol. The van der Waals surface area contributed by atoms with Gasteiger partial charge in [0.1, 0.15) is 5.60 Å². The first kappa shape index (κ1) is 21.2. The summed E-state index contributed by atoms with van der Waals surface area (Å²) >= 11 is 0. The van der Waals surface area contributed by atoms with Gasteiger partial charge in [0.25, 0.3) is 0 Å². The molecule has 1 N–H and O–H groups in total. The van der Waals surface area contributed by atoms with Crippen LogP contribution in [-0.4, -0.2) is 60.1 Å². The van der Waals surface area contributed by atoms with Crippen LogP contribution in [0, 0.1) is 5.92 Å². The van der Waals surface area contributed by atoms with E-state index in [9.17, 15) is 9.59 Å². The highest BCUT2D eigenvalue weighted by Crippen LogP contribution is 2.14. The number of benzene rings is 1. The lowest BCUT2D eigenvalue weighted by Crippen LogP contribution is -2.50. The molecule has 0 spiro atoms. The average molecular weight is 376 g/mol. The molecule has 1 fully saturated rings. The lowest BCUT2D eigenvalue weighted by atomic mass is 10.1. The Kier molecular flexibility index (Phi) is 7.25. The third-order valence-electron chi connectivity index (χ3n) is 4.49. The maximum Gasteiger partial charge on any atom is 0.410 e. The highest BCUT2D eigenvalue weighted by molar-refractivity contribution is 5.92. The molecule has 0 atom stereocenters. The highest BCUT2D eigenvalue weighted by atomic mass is 16.6. The molecule has 0 bridgehead atoms. The maximum atomic E-state index is 12.1. The smallest absolute Gasteiger partial charge is 0.410 e. The Morgan fingerprint density at radius 3 is 2.19 bits per heavy atom. The molecule has 150 valence electrons. The van der Waals surface area contributed by atoms with Crippen molar-refractivity contribution in [3.05, 3.63) is 29.8 Å². The molecule has 6 nitrogen and oxygen atoms in total. The number of rotatable bonds is 5. The van der Waals surface area contributed by atoms with E-state index < -0.39 is 5.60 Å². The average Bonchev–Trinajstić information content (AvgIpc) is 2.60. The van der Waals surface area contributed by atoms with Gasteiger partial charge in [-0.3, -0.25) is 9.69 Å². The number of ether oxygens (including phenoxy) is 1. The Labute approximate surface area is 162 Å². The minimum Gasteiger partial charge on any atom is -0.444 e. The van der Waals surface area contributed by atoms with Crippen molar-refractivity contribution in [1.82, 2.24) is 9.80 Å². The summed E-state index contributed by atoms with van der Waals surface area (Å²) in [6.45, 7) is 13.5. The summed E-state index contributed by atoms with van der Waals surface area (Å²) in [5, 5.41) is 2.91. The fourth-order valence-corrected chi connectivity index (χ4v) is 2.81. The first-order chi connectivity index (χ1) is 12.6. The molecule has 2 amide bonds. The van der Waals surface area contributed by atoms with Gasteiger partial charge in [-0.15, -0.1) is 0 Å². The van der Waals surface area contributed by atoms with Crippen LogP contribution in [0.1, 0.15) is 40.2 Å². The minimum atomic E-state index is -0.449. The van der Waals surface area contributed by atoms with E-state index >= 15 is 0 Å². The Balaban J connectivity index is 1.73. The molecule has 1 aromatic carbocycles. The van der Waals surface area contributed by atoms with Crippen LogP contribution in [0.3, 0.4) is 0 Å². The number of hydrogen-bond acceptors (Lipinski definition) is 4. The van der Waals surface area contributed by atoms with Crippen molar-refractivity contribution >= 4 is 17.7 Å². The molecule has 0 saturated carbocycles. The van der Waals surface area contributed by atoms with Crippen LogP contribution in [0.25, 0.3) is 0 Å². The predicted molar refractivity (Wildman–Crippen MR) is 108 cm³/mol. The number of piperazine rings is 1. The Morgan fingerprint density at radius 2 is 1.67 bits per heavy atom. The standard InChI is InChI=1S/C21H33N3O3/c1-16(2)19(25)22-18-8-6-17(7-9-18)10-11-23-12-14-24(15-13-23)20(26)27-21(3,4)5/h6-9,16H,10-15H2,1-5H3,(H,22,25). The molecule has 1 aliphatic heterocycles. The molecule has 1 aliphatic rings. The summed E-state index contributed by atoms with van der Waals surface area (Å²) in [7, 11) is 0. The van der Waals surface area contributed by atoms with Crippen molar-refractivity contribution in [2.75, 3.05) is 38.0 Å². The molecule has 1 aromatic rings. The van der Waals surface area contributed by atoms with E-state index in [4.69, 9.17) is 4.74 Å². The van der Waals surface area contributed by atoms with Gasteiger partial charge in [-0.2, -0.15) is 0 Å². The largest absolute Gasteiger partial charge is 0.444 e. The van der Waals surface area contributed by atoms with Crippen molar-refractivity contribution in [3.63, 3.8) is 0 Å².